The molecule has 1 saturated carbocycles. The molecule has 21 heavy (non-hydrogen) atoms. The Morgan fingerprint density at radius 1 is 1.29 bits per heavy atom. The van der Waals surface area contributed by atoms with Crippen LogP contribution < -0.4 is 11.1 Å². The van der Waals surface area contributed by atoms with E-state index in [1.54, 1.807) is 0 Å². The van der Waals surface area contributed by atoms with Gasteiger partial charge in [-0.1, -0.05) is 12.8 Å². The third-order valence-electron chi connectivity index (χ3n) is 3.90. The maximum absolute atomic E-state index is 13.4. The zero-order chi connectivity index (χ0) is 14.5. The van der Waals surface area contributed by atoms with Crippen LogP contribution in [0, 0.1) is 17.6 Å². The van der Waals surface area contributed by atoms with Crippen LogP contribution in [0.2, 0.25) is 0 Å². The summed E-state index contributed by atoms with van der Waals surface area (Å²) in [4.78, 5) is 11.8. The average molecular weight is 319 g/mol. The van der Waals surface area contributed by atoms with Crippen LogP contribution in [0.1, 0.15) is 37.7 Å². The summed E-state index contributed by atoms with van der Waals surface area (Å²) in [5, 5.41) is 2.63. The molecule has 2 rings (SSSR count). The highest BCUT2D eigenvalue weighted by Crippen LogP contribution is 2.25. The van der Waals surface area contributed by atoms with Gasteiger partial charge in [0.15, 0.2) is 0 Å². The molecular formula is C15H21ClF2N2O. The van der Waals surface area contributed by atoms with Crippen LogP contribution in [-0.2, 0) is 11.3 Å². The van der Waals surface area contributed by atoms with Gasteiger partial charge < -0.3 is 11.1 Å². The van der Waals surface area contributed by atoms with Gasteiger partial charge in [-0.3, -0.25) is 4.79 Å². The van der Waals surface area contributed by atoms with Crippen molar-refractivity contribution in [2.75, 3.05) is 0 Å². The summed E-state index contributed by atoms with van der Waals surface area (Å²) in [6.07, 6.45) is 4.50. The van der Waals surface area contributed by atoms with Crippen molar-refractivity contribution < 1.29 is 13.6 Å². The van der Waals surface area contributed by atoms with Crippen LogP contribution in [0.15, 0.2) is 18.2 Å². The minimum Gasteiger partial charge on any atom is -0.352 e. The van der Waals surface area contributed by atoms with E-state index < -0.39 is 11.6 Å². The van der Waals surface area contributed by atoms with E-state index >= 15 is 0 Å². The summed E-state index contributed by atoms with van der Waals surface area (Å²) < 4.78 is 26.4. The highest BCUT2D eigenvalue weighted by atomic mass is 35.5. The fourth-order valence-electron chi connectivity index (χ4n) is 2.67. The molecule has 0 spiro atoms. The quantitative estimate of drug-likeness (QED) is 0.897. The van der Waals surface area contributed by atoms with E-state index in [2.05, 4.69) is 5.32 Å². The van der Waals surface area contributed by atoms with Crippen molar-refractivity contribution >= 4 is 18.3 Å². The lowest BCUT2D eigenvalue weighted by molar-refractivity contribution is -0.122. The maximum Gasteiger partial charge on any atom is 0.220 e. The highest BCUT2D eigenvalue weighted by molar-refractivity contribution is 5.85. The molecule has 0 saturated heterocycles. The van der Waals surface area contributed by atoms with Crippen molar-refractivity contribution in [3.05, 3.63) is 35.4 Å². The Bertz CT molecular complexity index is 485. The van der Waals surface area contributed by atoms with E-state index in [9.17, 15) is 13.6 Å². The molecule has 0 radical (unpaired) electrons. The first kappa shape index (κ1) is 17.9. The first-order chi connectivity index (χ1) is 9.56. The molecule has 1 fully saturated rings. The van der Waals surface area contributed by atoms with Gasteiger partial charge in [0, 0.05) is 24.6 Å². The number of hydrogen-bond acceptors (Lipinski definition) is 2. The van der Waals surface area contributed by atoms with Gasteiger partial charge in [0.2, 0.25) is 5.91 Å². The topological polar surface area (TPSA) is 55.1 Å². The molecule has 2 atom stereocenters. The maximum atomic E-state index is 13.4. The summed E-state index contributed by atoms with van der Waals surface area (Å²) in [7, 11) is 0. The summed E-state index contributed by atoms with van der Waals surface area (Å²) in [6.45, 7) is 0.00435. The van der Waals surface area contributed by atoms with Crippen LogP contribution in [-0.4, -0.2) is 11.9 Å². The zero-order valence-corrected chi connectivity index (χ0v) is 12.6. The van der Waals surface area contributed by atoms with Crippen molar-refractivity contribution in [2.45, 2.75) is 44.7 Å². The molecule has 3 nitrogen and oxygen atoms in total. The highest BCUT2D eigenvalue weighted by Gasteiger charge is 2.24. The number of carbonyl (C=O) groups is 1. The first-order valence-electron chi connectivity index (χ1n) is 7.02. The van der Waals surface area contributed by atoms with Crippen LogP contribution in [0.5, 0.6) is 0 Å². The van der Waals surface area contributed by atoms with Gasteiger partial charge >= 0.3 is 0 Å². The Kier molecular flexibility index (Phi) is 7.05. The lowest BCUT2D eigenvalue weighted by atomic mass is 9.83. The number of amides is 1. The Morgan fingerprint density at radius 2 is 2.00 bits per heavy atom. The third-order valence-corrected chi connectivity index (χ3v) is 3.90. The summed E-state index contributed by atoms with van der Waals surface area (Å²) in [5.74, 6) is -0.983. The number of halogens is 3. The Balaban J connectivity index is 0.00000220. The van der Waals surface area contributed by atoms with E-state index in [-0.39, 0.29) is 42.4 Å². The number of nitrogens with one attached hydrogen (secondary N) is 1. The monoisotopic (exact) mass is 318 g/mol. The van der Waals surface area contributed by atoms with E-state index in [4.69, 9.17) is 5.73 Å². The largest absolute Gasteiger partial charge is 0.352 e. The fraction of sp³-hybridized carbons (Fsp3) is 0.533. The van der Waals surface area contributed by atoms with Crippen molar-refractivity contribution in [1.29, 1.82) is 0 Å². The summed E-state index contributed by atoms with van der Waals surface area (Å²) in [5.41, 5.74) is 6.15. The minimum absolute atomic E-state index is 0. The van der Waals surface area contributed by atoms with Crippen molar-refractivity contribution in [1.82, 2.24) is 5.32 Å². The summed E-state index contributed by atoms with van der Waals surface area (Å²) >= 11 is 0. The predicted octanol–water partition coefficient (Wildman–Crippen LogP) is 2.91. The molecular weight excluding hydrogens is 298 g/mol. The van der Waals surface area contributed by atoms with Crippen LogP contribution in [0.25, 0.3) is 0 Å². The summed E-state index contributed by atoms with van der Waals surface area (Å²) in [6, 6.07) is 3.29. The normalized spacial score (nSPS) is 21.5. The molecule has 1 amide bonds. The molecule has 0 aromatic heterocycles. The van der Waals surface area contributed by atoms with Gasteiger partial charge in [0.05, 0.1) is 0 Å². The molecule has 1 aromatic carbocycles. The molecule has 2 unspecified atom stereocenters. The Morgan fingerprint density at radius 3 is 2.71 bits per heavy atom. The van der Waals surface area contributed by atoms with Gasteiger partial charge in [-0.15, -0.1) is 12.4 Å². The fourth-order valence-corrected chi connectivity index (χ4v) is 2.67. The smallest absolute Gasteiger partial charge is 0.220 e. The number of nitrogens with two attached hydrogens (primary N) is 1. The molecule has 6 heteroatoms. The number of benzene rings is 1. The second kappa shape index (κ2) is 8.29. The van der Waals surface area contributed by atoms with Gasteiger partial charge in [-0.25, -0.2) is 8.78 Å². The molecule has 1 aliphatic rings. The lowest BCUT2D eigenvalue weighted by Gasteiger charge is -2.27. The van der Waals surface area contributed by atoms with Gasteiger partial charge in [0.25, 0.3) is 0 Å². The lowest BCUT2D eigenvalue weighted by Crippen LogP contribution is -2.37. The van der Waals surface area contributed by atoms with E-state index in [0.717, 1.165) is 43.9 Å². The van der Waals surface area contributed by atoms with Crippen LogP contribution >= 0.6 is 12.4 Å². The number of rotatable bonds is 4. The van der Waals surface area contributed by atoms with Crippen molar-refractivity contribution in [3.63, 3.8) is 0 Å². The van der Waals surface area contributed by atoms with Crippen LogP contribution in [0.3, 0.4) is 0 Å². The van der Waals surface area contributed by atoms with Crippen molar-refractivity contribution in [2.24, 2.45) is 11.7 Å². The van der Waals surface area contributed by atoms with Gasteiger partial charge in [-0.2, -0.15) is 0 Å². The predicted molar refractivity (Wildman–Crippen MR) is 80.0 cm³/mol. The van der Waals surface area contributed by atoms with Crippen LogP contribution in [0.4, 0.5) is 8.78 Å². The Labute approximate surface area is 129 Å². The molecule has 3 N–H and O–H groups in total. The number of hydrogen-bond donors (Lipinski definition) is 2. The molecule has 1 aliphatic carbocycles. The standard InChI is InChI=1S/C15H20F2N2O.ClH/c16-12-5-6-13(17)11(7-12)9-19-15(20)8-10-3-1-2-4-14(10)18;/h5-7,10,14H,1-4,8-9,18H2,(H,19,20);1H. The molecule has 118 valence electrons. The van der Waals surface area contributed by atoms with Gasteiger partial charge in [-0.05, 0) is 37.0 Å². The first-order valence-corrected chi connectivity index (χ1v) is 7.02. The third kappa shape index (κ3) is 5.25. The van der Waals surface area contributed by atoms with E-state index in [0.29, 0.717) is 6.42 Å². The second-order valence-corrected chi connectivity index (χ2v) is 5.42. The molecule has 0 aliphatic heterocycles. The Hall–Kier alpha value is -1.20. The van der Waals surface area contributed by atoms with E-state index in [1.807, 2.05) is 0 Å². The number of carbonyl (C=O) groups excluding carboxylic acids is 1. The minimum atomic E-state index is -0.513. The second-order valence-electron chi connectivity index (χ2n) is 5.42. The molecule has 0 heterocycles. The van der Waals surface area contributed by atoms with Gasteiger partial charge in [0.1, 0.15) is 11.6 Å². The average Bonchev–Trinajstić information content (AvgIpc) is 2.42. The molecule has 1 aromatic rings. The van der Waals surface area contributed by atoms with E-state index in [1.165, 1.54) is 0 Å². The van der Waals surface area contributed by atoms with Crippen molar-refractivity contribution in [3.8, 4) is 0 Å². The SMILES string of the molecule is Cl.NC1CCCCC1CC(=O)NCc1cc(F)ccc1F. The zero-order valence-electron chi connectivity index (χ0n) is 11.8. The molecule has 0 bridgehead atoms.